The summed E-state index contributed by atoms with van der Waals surface area (Å²) in [7, 11) is -2.72. The van der Waals surface area contributed by atoms with Crippen LogP contribution in [-0.2, 0) is 15.6 Å². The lowest BCUT2D eigenvalue weighted by atomic mass is 9.76. The lowest BCUT2D eigenvalue weighted by Crippen LogP contribution is -2.54. The van der Waals surface area contributed by atoms with Crippen LogP contribution in [0.1, 0.15) is 16.1 Å². The van der Waals surface area contributed by atoms with Crippen molar-refractivity contribution in [2.45, 2.75) is 16.9 Å². The Bertz CT molecular complexity index is 1070. The van der Waals surface area contributed by atoms with Crippen molar-refractivity contribution in [3.8, 4) is 5.75 Å². The molecule has 1 saturated heterocycles. The SMILES string of the molecule is [2H]C([2H])([2H])Oc1cccc(C2(O)CCN(S(=O)(=O)c3cccc(Cl)c3)CC2CN(C)C)c1. The summed E-state index contributed by atoms with van der Waals surface area (Å²) in [6, 6.07) is 12.5. The minimum absolute atomic E-state index is 0.0912. The van der Waals surface area contributed by atoms with E-state index in [0.29, 0.717) is 17.1 Å². The first-order valence-electron chi connectivity index (χ1n) is 10.7. The molecule has 1 aliphatic rings. The molecule has 1 aliphatic heterocycles. The molecule has 2 atom stereocenters. The molecule has 0 aromatic heterocycles. The van der Waals surface area contributed by atoms with Gasteiger partial charge in [-0.1, -0.05) is 29.8 Å². The van der Waals surface area contributed by atoms with Gasteiger partial charge in [0, 0.05) is 30.6 Å². The van der Waals surface area contributed by atoms with Gasteiger partial charge in [-0.3, -0.25) is 0 Å². The predicted octanol–water partition coefficient (Wildman–Crippen LogP) is 2.81. The molecule has 2 aromatic rings. The van der Waals surface area contributed by atoms with E-state index in [2.05, 4.69) is 0 Å². The normalized spacial score (nSPS) is 25.3. The summed E-state index contributed by atoms with van der Waals surface area (Å²) in [5.74, 6) is -0.350. The average Bonchev–Trinajstić information content (AvgIpc) is 2.68. The zero-order valence-corrected chi connectivity index (χ0v) is 17.9. The van der Waals surface area contributed by atoms with E-state index in [4.69, 9.17) is 20.5 Å². The van der Waals surface area contributed by atoms with Crippen LogP contribution in [0.3, 0.4) is 0 Å². The third kappa shape index (κ3) is 4.59. The van der Waals surface area contributed by atoms with Crippen LogP contribution in [-0.4, -0.2) is 63.5 Å². The van der Waals surface area contributed by atoms with Gasteiger partial charge in [-0.15, -0.1) is 0 Å². The van der Waals surface area contributed by atoms with Crippen molar-refractivity contribution >= 4 is 21.6 Å². The topological polar surface area (TPSA) is 70.1 Å². The van der Waals surface area contributed by atoms with Gasteiger partial charge in [0.25, 0.3) is 0 Å². The molecule has 1 heterocycles. The average molecular weight is 442 g/mol. The van der Waals surface area contributed by atoms with E-state index < -0.39 is 28.6 Å². The third-order valence-corrected chi connectivity index (χ3v) is 7.41. The molecule has 0 spiro atoms. The first-order chi connectivity index (χ1) is 14.8. The largest absolute Gasteiger partial charge is 0.497 e. The predicted molar refractivity (Wildman–Crippen MR) is 114 cm³/mol. The molecule has 0 radical (unpaired) electrons. The number of halogens is 1. The zero-order valence-electron chi connectivity index (χ0n) is 19.4. The minimum Gasteiger partial charge on any atom is -0.497 e. The Morgan fingerprint density at radius 3 is 2.76 bits per heavy atom. The Kier molecular flexibility index (Phi) is 5.39. The van der Waals surface area contributed by atoms with Crippen LogP contribution < -0.4 is 4.74 Å². The van der Waals surface area contributed by atoms with Gasteiger partial charge in [-0.25, -0.2) is 8.42 Å². The molecular weight excluding hydrogens is 412 g/mol. The smallest absolute Gasteiger partial charge is 0.243 e. The maximum absolute atomic E-state index is 13.2. The highest BCUT2D eigenvalue weighted by Crippen LogP contribution is 2.40. The van der Waals surface area contributed by atoms with E-state index in [1.54, 1.807) is 24.3 Å². The number of aliphatic hydroxyl groups is 1. The molecule has 1 N–H and O–H groups in total. The fourth-order valence-corrected chi connectivity index (χ4v) is 5.63. The van der Waals surface area contributed by atoms with Crippen LogP contribution in [0.15, 0.2) is 53.4 Å². The highest BCUT2D eigenvalue weighted by atomic mass is 35.5. The zero-order chi connectivity index (χ0) is 23.7. The molecule has 0 saturated carbocycles. The molecule has 0 aliphatic carbocycles. The van der Waals surface area contributed by atoms with E-state index in [9.17, 15) is 13.5 Å². The summed E-state index contributed by atoms with van der Waals surface area (Å²) in [6.45, 7) is 0.607. The molecule has 1 fully saturated rings. The Balaban J connectivity index is 1.93. The van der Waals surface area contributed by atoms with Gasteiger partial charge >= 0.3 is 0 Å². The van der Waals surface area contributed by atoms with E-state index in [-0.39, 0.29) is 30.2 Å². The summed E-state index contributed by atoms with van der Waals surface area (Å²) >= 11 is 5.99. The second-order valence-electron chi connectivity index (χ2n) is 7.58. The Hall–Kier alpha value is -1.64. The van der Waals surface area contributed by atoms with E-state index >= 15 is 0 Å². The number of benzene rings is 2. The fourth-order valence-electron chi connectivity index (χ4n) is 3.84. The molecule has 3 rings (SSSR count). The van der Waals surface area contributed by atoms with Crippen LogP contribution >= 0.6 is 11.6 Å². The monoisotopic (exact) mass is 441 g/mol. The van der Waals surface area contributed by atoms with Gasteiger partial charge in [0.1, 0.15) is 5.75 Å². The number of sulfonamides is 1. The first-order valence-corrected chi connectivity index (χ1v) is 11.1. The quantitative estimate of drug-likeness (QED) is 0.746. The standard InChI is InChI=1S/C21H27ClN2O4S/c1-23(2)14-17-15-24(29(26,27)20-9-5-7-18(22)13-20)11-10-21(17,25)16-6-4-8-19(12-16)28-3/h4-9,12-13,17,25H,10-11,14-15H2,1-3H3/i3D3. The van der Waals surface area contributed by atoms with Crippen LogP contribution in [0.25, 0.3) is 0 Å². The molecular formula is C21H27ClN2O4S. The van der Waals surface area contributed by atoms with Gasteiger partial charge in [0.05, 0.1) is 21.6 Å². The number of piperidine rings is 1. The Labute approximate surface area is 181 Å². The summed E-state index contributed by atoms with van der Waals surface area (Å²) in [4.78, 5) is 1.99. The number of nitrogens with zero attached hydrogens (tertiary/aromatic N) is 2. The molecule has 0 bridgehead atoms. The van der Waals surface area contributed by atoms with Crippen molar-refractivity contribution in [3.63, 3.8) is 0 Å². The Morgan fingerprint density at radius 2 is 2.07 bits per heavy atom. The van der Waals surface area contributed by atoms with Gasteiger partial charge in [0.2, 0.25) is 10.0 Å². The van der Waals surface area contributed by atoms with Crippen molar-refractivity contribution in [1.29, 1.82) is 0 Å². The maximum atomic E-state index is 13.2. The highest BCUT2D eigenvalue weighted by Gasteiger charge is 2.46. The summed E-state index contributed by atoms with van der Waals surface area (Å²) in [6.07, 6.45) is 0.141. The van der Waals surface area contributed by atoms with Crippen LogP contribution in [0.5, 0.6) is 5.75 Å². The van der Waals surface area contributed by atoms with Crippen LogP contribution in [0.2, 0.25) is 5.02 Å². The van der Waals surface area contributed by atoms with Gasteiger partial charge in [-0.05, 0) is 56.4 Å². The molecule has 6 nitrogen and oxygen atoms in total. The molecule has 158 valence electrons. The summed E-state index contributed by atoms with van der Waals surface area (Å²) in [5.41, 5.74) is -0.871. The molecule has 0 amide bonds. The van der Waals surface area contributed by atoms with Gasteiger partial charge < -0.3 is 14.7 Å². The molecule has 2 aromatic carbocycles. The lowest BCUT2D eigenvalue weighted by Gasteiger charge is -2.45. The van der Waals surface area contributed by atoms with Crippen molar-refractivity contribution in [3.05, 3.63) is 59.1 Å². The summed E-state index contributed by atoms with van der Waals surface area (Å²) < 4.78 is 54.7. The van der Waals surface area contributed by atoms with Gasteiger partial charge in [-0.2, -0.15) is 4.31 Å². The highest BCUT2D eigenvalue weighted by molar-refractivity contribution is 7.89. The second-order valence-corrected chi connectivity index (χ2v) is 9.96. The fraction of sp³-hybridized carbons (Fsp3) is 0.429. The molecule has 29 heavy (non-hydrogen) atoms. The van der Waals surface area contributed by atoms with E-state index in [1.165, 1.54) is 28.6 Å². The van der Waals surface area contributed by atoms with E-state index in [0.717, 1.165) is 0 Å². The van der Waals surface area contributed by atoms with Crippen LogP contribution in [0, 0.1) is 5.92 Å². The van der Waals surface area contributed by atoms with E-state index in [1.807, 2.05) is 19.0 Å². The number of ether oxygens (including phenoxy) is 1. The molecule has 2 unspecified atom stereocenters. The van der Waals surface area contributed by atoms with Crippen LogP contribution in [0.4, 0.5) is 0 Å². The second kappa shape index (κ2) is 8.62. The minimum atomic E-state index is -3.80. The third-order valence-electron chi connectivity index (χ3n) is 5.31. The number of hydrogen-bond acceptors (Lipinski definition) is 5. The van der Waals surface area contributed by atoms with Gasteiger partial charge in [0.15, 0.2) is 0 Å². The number of hydrogen-bond donors (Lipinski definition) is 1. The van der Waals surface area contributed by atoms with Crippen molar-refractivity contribution in [2.75, 3.05) is 40.8 Å². The summed E-state index contributed by atoms with van der Waals surface area (Å²) in [5, 5.41) is 12.0. The number of rotatable bonds is 6. The lowest BCUT2D eigenvalue weighted by molar-refractivity contribution is -0.0698. The van der Waals surface area contributed by atoms with Crippen molar-refractivity contribution in [1.82, 2.24) is 9.21 Å². The first kappa shape index (κ1) is 18.2. The molecule has 8 heteroatoms. The van der Waals surface area contributed by atoms with Crippen molar-refractivity contribution < 1.29 is 22.4 Å². The van der Waals surface area contributed by atoms with Crippen molar-refractivity contribution in [2.24, 2.45) is 5.92 Å². The maximum Gasteiger partial charge on any atom is 0.243 e. The Morgan fingerprint density at radius 1 is 1.31 bits per heavy atom. The number of methoxy groups -OCH3 is 1.